The summed E-state index contributed by atoms with van der Waals surface area (Å²) < 4.78 is 32.7. The van der Waals surface area contributed by atoms with Crippen molar-refractivity contribution in [1.29, 1.82) is 0 Å². The summed E-state index contributed by atoms with van der Waals surface area (Å²) in [5.74, 6) is -5.05. The summed E-state index contributed by atoms with van der Waals surface area (Å²) in [5, 5.41) is 24.1. The first-order valence-electron chi connectivity index (χ1n) is 19.6. The molecule has 4 rings (SSSR count). The molecule has 1 aromatic carbocycles. The lowest BCUT2D eigenvalue weighted by Gasteiger charge is -2.47. The molecule has 1 aromatic rings. The lowest BCUT2D eigenvalue weighted by atomic mass is 9.73. The van der Waals surface area contributed by atoms with Gasteiger partial charge < -0.3 is 38.8 Å². The van der Waals surface area contributed by atoms with Gasteiger partial charge >= 0.3 is 5.97 Å². The highest BCUT2D eigenvalue weighted by atomic mass is 16.7. The maximum absolute atomic E-state index is 14.5. The standard InChI is InChI=1S/C43H64N2O10/c1-13-34-43(10,50)39-27(5)35(44-30(8)46)25(3)21-42(9,52-23-31(22-51-39)19-24(2)32-17-15-14-16-18-32)38(28(6)36(47)29(7)40(49)54-34)55-41-37(48)33(45(11)12)20-26(4)53-41/h14-19,25-29,33-34,37-39,41,48,50H,2,13,20-23H2,1,3-12H3/b31-19-,44-35?/t25?,26-,27?,28+,29-,33+,34+,37?,38?,39?,41+,42-,43-/m1/s1. The number of carbonyl (C=O) groups is 3. The van der Waals surface area contributed by atoms with Crippen molar-refractivity contribution >= 4 is 28.9 Å². The molecule has 5 unspecified atom stereocenters. The van der Waals surface area contributed by atoms with Gasteiger partial charge in [0.05, 0.1) is 37.1 Å². The van der Waals surface area contributed by atoms with E-state index in [1.165, 1.54) is 13.8 Å². The van der Waals surface area contributed by atoms with Gasteiger partial charge in [-0.25, -0.2) is 4.99 Å². The fraction of sp³-hybridized carbons (Fsp3) is 0.674. The number of hydrogen-bond acceptors (Lipinski definition) is 11. The molecule has 3 aliphatic rings. The minimum atomic E-state index is -1.79. The Labute approximate surface area is 327 Å². The van der Waals surface area contributed by atoms with E-state index in [4.69, 9.17) is 23.7 Å². The van der Waals surface area contributed by atoms with Crippen LogP contribution in [0.3, 0.4) is 0 Å². The Balaban J connectivity index is 2.00. The molecule has 0 spiro atoms. The molecule has 3 heterocycles. The summed E-state index contributed by atoms with van der Waals surface area (Å²) >= 11 is 0. The van der Waals surface area contributed by atoms with E-state index in [1.807, 2.05) is 83.1 Å². The van der Waals surface area contributed by atoms with Crippen molar-refractivity contribution in [3.8, 4) is 0 Å². The van der Waals surface area contributed by atoms with Crippen LogP contribution in [0.15, 0.2) is 53.6 Å². The first kappa shape index (κ1) is 44.6. The molecule has 2 bridgehead atoms. The number of ketones is 1. The molecule has 3 saturated heterocycles. The summed E-state index contributed by atoms with van der Waals surface area (Å²) in [7, 11) is 3.76. The average Bonchev–Trinajstić information content (AvgIpc) is 3.14. The SMILES string of the molecule is C=C(/C=C1/COC2C(C)C(=NC(C)=O)C(C)C[C@@](C)(OC1)C(O[C@@H]1O[C@H](C)C[C@H](N(C)C)C1O)[C@@H](C)C(=O)[C@@H](C)C(=O)O[C@@H](CC)[C@@]2(C)O)c1ccccc1. The maximum atomic E-state index is 14.5. The molecule has 3 fully saturated rings. The third kappa shape index (κ3) is 10.3. The lowest BCUT2D eigenvalue weighted by Crippen LogP contribution is -2.60. The quantitative estimate of drug-likeness (QED) is 0.291. The summed E-state index contributed by atoms with van der Waals surface area (Å²) in [5.41, 5.74) is -0.395. The number of cyclic esters (lactones) is 1. The van der Waals surface area contributed by atoms with Gasteiger partial charge in [-0.05, 0) is 83.7 Å². The second-order valence-electron chi connectivity index (χ2n) is 16.6. The minimum absolute atomic E-state index is 0.00522. The van der Waals surface area contributed by atoms with Gasteiger partial charge in [-0.2, -0.15) is 0 Å². The van der Waals surface area contributed by atoms with Crippen LogP contribution < -0.4 is 0 Å². The first-order chi connectivity index (χ1) is 25.7. The van der Waals surface area contributed by atoms with Crippen LogP contribution in [0.4, 0.5) is 0 Å². The van der Waals surface area contributed by atoms with Gasteiger partial charge in [-0.15, -0.1) is 0 Å². The number of esters is 1. The number of fused-ring (bicyclic) bond motifs is 5. The zero-order chi connectivity index (χ0) is 41.0. The predicted octanol–water partition coefficient (Wildman–Crippen LogP) is 5.19. The van der Waals surface area contributed by atoms with Crippen LogP contribution in [0.5, 0.6) is 0 Å². The van der Waals surface area contributed by atoms with Crippen molar-refractivity contribution < 1.29 is 48.3 Å². The number of amides is 1. The van der Waals surface area contributed by atoms with Crippen LogP contribution in [0.1, 0.15) is 87.1 Å². The number of hydrogen-bond donors (Lipinski definition) is 2. The van der Waals surface area contributed by atoms with Crippen LogP contribution in [0, 0.1) is 23.7 Å². The number of allylic oxidation sites excluding steroid dienone is 2. The van der Waals surface area contributed by atoms with Gasteiger partial charge in [0.25, 0.3) is 0 Å². The zero-order valence-electron chi connectivity index (χ0n) is 34.6. The molecule has 55 heavy (non-hydrogen) atoms. The normalized spacial score (nSPS) is 39.9. The molecule has 13 atom stereocenters. The van der Waals surface area contributed by atoms with Gasteiger partial charge in [0, 0.05) is 30.5 Å². The van der Waals surface area contributed by atoms with Crippen molar-refractivity contribution in [3.63, 3.8) is 0 Å². The Bertz CT molecular complexity index is 1590. The van der Waals surface area contributed by atoms with E-state index >= 15 is 0 Å². The molecule has 306 valence electrons. The Hall–Kier alpha value is -3.10. The number of aliphatic hydroxyl groups excluding tert-OH is 1. The molecule has 12 nitrogen and oxygen atoms in total. The van der Waals surface area contributed by atoms with Gasteiger partial charge in [-0.3, -0.25) is 14.4 Å². The Kier molecular flexibility index (Phi) is 15.0. The summed E-state index contributed by atoms with van der Waals surface area (Å²) in [6.07, 6.45) is -2.84. The topological polar surface area (TPSA) is 153 Å². The van der Waals surface area contributed by atoms with Crippen molar-refractivity contribution in [3.05, 3.63) is 54.1 Å². The first-order valence-corrected chi connectivity index (χ1v) is 19.6. The van der Waals surface area contributed by atoms with E-state index < -0.39 is 83.2 Å². The maximum Gasteiger partial charge on any atom is 0.316 e. The third-order valence-corrected chi connectivity index (χ3v) is 11.7. The number of aliphatic imine (C=N–C) groups is 1. The number of likely N-dealkylation sites (N-methyl/N-ethyl adjacent to an activating group) is 1. The van der Waals surface area contributed by atoms with E-state index in [2.05, 4.69) is 11.6 Å². The van der Waals surface area contributed by atoms with Crippen LogP contribution >= 0.6 is 0 Å². The number of carbonyl (C=O) groups excluding carboxylic acids is 3. The van der Waals surface area contributed by atoms with Crippen molar-refractivity contribution in [1.82, 2.24) is 4.90 Å². The van der Waals surface area contributed by atoms with Gasteiger partial charge in [0.1, 0.15) is 23.7 Å². The fourth-order valence-electron chi connectivity index (χ4n) is 8.64. The Morgan fingerprint density at radius 2 is 1.73 bits per heavy atom. The highest BCUT2D eigenvalue weighted by molar-refractivity contribution is 6.00. The smallest absolute Gasteiger partial charge is 0.316 e. The highest BCUT2D eigenvalue weighted by Crippen LogP contribution is 2.40. The number of nitrogens with zero attached hydrogens (tertiary/aromatic N) is 2. The zero-order valence-corrected chi connectivity index (χ0v) is 34.6. The number of Topliss-reactive ketones (excluding diaryl/α,β-unsaturated/α-hetero) is 1. The largest absolute Gasteiger partial charge is 0.459 e. The van der Waals surface area contributed by atoms with Crippen molar-refractivity contribution in [2.45, 2.75) is 136 Å². The summed E-state index contributed by atoms with van der Waals surface area (Å²) in [6.45, 7) is 19.7. The molecule has 3 aliphatic heterocycles. The fourth-order valence-corrected chi connectivity index (χ4v) is 8.64. The van der Waals surface area contributed by atoms with E-state index in [1.54, 1.807) is 20.8 Å². The molecular weight excluding hydrogens is 704 g/mol. The van der Waals surface area contributed by atoms with Gasteiger partial charge in [0.2, 0.25) is 5.91 Å². The number of ether oxygens (including phenoxy) is 5. The van der Waals surface area contributed by atoms with Gasteiger partial charge in [0.15, 0.2) is 12.1 Å². The van der Waals surface area contributed by atoms with Crippen molar-refractivity contribution in [2.24, 2.45) is 28.7 Å². The molecule has 12 heteroatoms. The van der Waals surface area contributed by atoms with Crippen LogP contribution in [0.2, 0.25) is 0 Å². The summed E-state index contributed by atoms with van der Waals surface area (Å²) in [6, 6.07) is 9.36. The number of rotatable bonds is 6. The monoisotopic (exact) mass is 768 g/mol. The number of benzene rings is 1. The van der Waals surface area contributed by atoms with E-state index in [9.17, 15) is 24.6 Å². The molecule has 0 radical (unpaired) electrons. The lowest BCUT2D eigenvalue weighted by molar-refractivity contribution is -0.296. The van der Waals surface area contributed by atoms with Crippen LogP contribution in [0.25, 0.3) is 5.57 Å². The minimum Gasteiger partial charge on any atom is -0.459 e. The van der Waals surface area contributed by atoms with Crippen LogP contribution in [-0.2, 0) is 38.1 Å². The molecule has 1 amide bonds. The average molecular weight is 769 g/mol. The predicted molar refractivity (Wildman–Crippen MR) is 210 cm³/mol. The molecule has 0 saturated carbocycles. The van der Waals surface area contributed by atoms with E-state index in [0.29, 0.717) is 23.3 Å². The van der Waals surface area contributed by atoms with Gasteiger partial charge in [-0.1, -0.05) is 70.7 Å². The summed E-state index contributed by atoms with van der Waals surface area (Å²) in [4.78, 5) is 47.6. The third-order valence-electron chi connectivity index (χ3n) is 11.7. The molecule has 0 aliphatic carbocycles. The molecule has 0 aromatic heterocycles. The second kappa shape index (κ2) is 18.4. The Morgan fingerprint density at radius 1 is 1.07 bits per heavy atom. The molecular formula is C43H64N2O10. The van der Waals surface area contributed by atoms with Crippen molar-refractivity contribution in [2.75, 3.05) is 27.3 Å². The number of aliphatic hydroxyl groups is 2. The highest BCUT2D eigenvalue weighted by Gasteiger charge is 2.53. The Morgan fingerprint density at radius 3 is 2.33 bits per heavy atom. The van der Waals surface area contributed by atoms with E-state index in [0.717, 1.165) is 5.56 Å². The molecule has 2 N–H and O–H groups in total. The van der Waals surface area contributed by atoms with E-state index in [-0.39, 0.29) is 38.2 Å². The van der Waals surface area contributed by atoms with Crippen LogP contribution in [-0.4, -0.2) is 120 Å². The second-order valence-corrected chi connectivity index (χ2v) is 16.6.